The molecule has 1 aromatic carbocycles. The van der Waals surface area contributed by atoms with Gasteiger partial charge in [0.1, 0.15) is 18.0 Å². The van der Waals surface area contributed by atoms with Crippen molar-refractivity contribution < 1.29 is 0 Å². The first-order chi connectivity index (χ1) is 14.8. The molecule has 0 saturated carbocycles. The summed E-state index contributed by atoms with van der Waals surface area (Å²) in [6.45, 7) is 3.37. The molecule has 3 heterocycles. The molecule has 7 nitrogen and oxygen atoms in total. The van der Waals surface area contributed by atoms with E-state index in [9.17, 15) is 0 Å². The molecule has 0 amide bonds. The van der Waals surface area contributed by atoms with Crippen molar-refractivity contribution in [3.05, 3.63) is 66.2 Å². The van der Waals surface area contributed by atoms with Gasteiger partial charge in [-0.1, -0.05) is 30.3 Å². The number of aromatic nitrogens is 4. The van der Waals surface area contributed by atoms with Crippen molar-refractivity contribution in [1.82, 2.24) is 24.8 Å². The summed E-state index contributed by atoms with van der Waals surface area (Å²) in [7, 11) is 1.83. The zero-order valence-corrected chi connectivity index (χ0v) is 17.5. The molecule has 0 aliphatic carbocycles. The van der Waals surface area contributed by atoms with Gasteiger partial charge in [-0.15, -0.1) is 0 Å². The molecule has 1 atom stereocenters. The maximum atomic E-state index is 4.78. The molecule has 156 valence electrons. The molecule has 4 rings (SSSR count). The molecular weight excluding hydrogens is 374 g/mol. The minimum Gasteiger partial charge on any atom is -0.373 e. The number of hydrogen-bond donors (Lipinski definition) is 2. The third-order valence-corrected chi connectivity index (χ3v) is 5.55. The summed E-state index contributed by atoms with van der Waals surface area (Å²) in [5.74, 6) is 2.45. The Hall–Kier alpha value is -3.06. The van der Waals surface area contributed by atoms with E-state index in [1.54, 1.807) is 0 Å². The topological polar surface area (TPSA) is 78.9 Å². The number of nitrogens with zero attached hydrogens (tertiary/aromatic N) is 5. The Balaban J connectivity index is 1.34. The lowest BCUT2D eigenvalue weighted by atomic mass is 9.94. The molecule has 2 aromatic heterocycles. The number of nitrogens with one attached hydrogen (secondary N) is 2. The second kappa shape index (κ2) is 10.1. The molecule has 3 aromatic rings. The Kier molecular flexibility index (Phi) is 6.82. The van der Waals surface area contributed by atoms with Crippen LogP contribution in [0.15, 0.2) is 55.0 Å². The Morgan fingerprint density at radius 3 is 2.80 bits per heavy atom. The van der Waals surface area contributed by atoms with Gasteiger partial charge >= 0.3 is 0 Å². The first-order valence-electron chi connectivity index (χ1n) is 10.7. The van der Waals surface area contributed by atoms with Gasteiger partial charge in [-0.2, -0.15) is 0 Å². The maximum absolute atomic E-state index is 4.78. The first kappa shape index (κ1) is 20.2. The predicted octanol–water partition coefficient (Wildman–Crippen LogP) is 3.86. The van der Waals surface area contributed by atoms with Crippen LogP contribution in [0, 0.1) is 0 Å². The molecule has 1 fully saturated rings. The van der Waals surface area contributed by atoms with Gasteiger partial charge in [0, 0.05) is 31.8 Å². The highest BCUT2D eigenvalue weighted by atomic mass is 15.2. The fourth-order valence-corrected chi connectivity index (χ4v) is 3.99. The van der Waals surface area contributed by atoms with Gasteiger partial charge in [-0.25, -0.2) is 19.9 Å². The second-order valence-electron chi connectivity index (χ2n) is 7.70. The van der Waals surface area contributed by atoms with E-state index >= 15 is 0 Å². The highest BCUT2D eigenvalue weighted by Gasteiger charge is 2.22. The van der Waals surface area contributed by atoms with E-state index in [1.807, 2.05) is 25.4 Å². The zero-order valence-electron chi connectivity index (χ0n) is 17.5. The van der Waals surface area contributed by atoms with Gasteiger partial charge in [-0.05, 0) is 50.4 Å². The highest BCUT2D eigenvalue weighted by molar-refractivity contribution is 5.52. The van der Waals surface area contributed by atoms with Crippen LogP contribution in [0.4, 0.5) is 17.6 Å². The van der Waals surface area contributed by atoms with Crippen LogP contribution in [0.25, 0.3) is 0 Å². The van der Waals surface area contributed by atoms with Gasteiger partial charge < -0.3 is 15.5 Å². The van der Waals surface area contributed by atoms with Crippen LogP contribution in [0.2, 0.25) is 0 Å². The summed E-state index contributed by atoms with van der Waals surface area (Å²) in [6, 6.07) is 14.6. The molecule has 1 saturated heterocycles. The summed E-state index contributed by atoms with van der Waals surface area (Å²) < 4.78 is 0. The third-order valence-electron chi connectivity index (χ3n) is 5.55. The molecule has 7 heteroatoms. The van der Waals surface area contributed by atoms with Crippen molar-refractivity contribution >= 4 is 17.6 Å². The summed E-state index contributed by atoms with van der Waals surface area (Å²) in [5, 5.41) is 6.21. The summed E-state index contributed by atoms with van der Waals surface area (Å²) in [4.78, 5) is 20.1. The Morgan fingerprint density at radius 2 is 1.93 bits per heavy atom. The summed E-state index contributed by atoms with van der Waals surface area (Å²) in [5.41, 5.74) is 2.52. The van der Waals surface area contributed by atoms with Crippen LogP contribution in [0.5, 0.6) is 0 Å². The van der Waals surface area contributed by atoms with E-state index < -0.39 is 0 Å². The molecule has 30 heavy (non-hydrogen) atoms. The quantitative estimate of drug-likeness (QED) is 0.591. The van der Waals surface area contributed by atoms with Gasteiger partial charge in [0.2, 0.25) is 5.95 Å². The van der Waals surface area contributed by atoms with Crippen molar-refractivity contribution in [2.45, 2.75) is 31.6 Å². The number of benzene rings is 1. The Bertz CT molecular complexity index is 932. The van der Waals surface area contributed by atoms with Crippen LogP contribution in [-0.2, 0) is 6.42 Å². The largest absolute Gasteiger partial charge is 0.373 e. The van der Waals surface area contributed by atoms with Gasteiger partial charge in [0.25, 0.3) is 0 Å². The van der Waals surface area contributed by atoms with E-state index in [-0.39, 0.29) is 0 Å². The summed E-state index contributed by atoms with van der Waals surface area (Å²) >= 11 is 0. The molecule has 2 N–H and O–H groups in total. The fourth-order valence-electron chi connectivity index (χ4n) is 3.99. The molecule has 0 radical (unpaired) electrons. The van der Waals surface area contributed by atoms with E-state index in [2.05, 4.69) is 60.8 Å². The second-order valence-corrected chi connectivity index (χ2v) is 7.70. The molecule has 1 aliphatic heterocycles. The minimum atomic E-state index is 0.442. The van der Waals surface area contributed by atoms with Crippen LogP contribution >= 0.6 is 0 Å². The third kappa shape index (κ3) is 5.51. The number of rotatable bonds is 8. The minimum absolute atomic E-state index is 0.442. The van der Waals surface area contributed by atoms with E-state index in [0.717, 1.165) is 31.0 Å². The lowest BCUT2D eigenvalue weighted by Crippen LogP contribution is -2.35. The number of likely N-dealkylation sites (tertiary alicyclic amines) is 1. The van der Waals surface area contributed by atoms with Crippen LogP contribution in [0.1, 0.15) is 36.4 Å². The van der Waals surface area contributed by atoms with Crippen molar-refractivity contribution in [1.29, 1.82) is 0 Å². The molecule has 1 aliphatic rings. The SMILES string of the molecule is CNc1cc(Nc2nccc(C3CCCN(CCCc4ccccc4)C3)n2)ncn1. The number of hydrogen-bond acceptors (Lipinski definition) is 7. The molecule has 0 bridgehead atoms. The zero-order chi connectivity index (χ0) is 20.6. The van der Waals surface area contributed by atoms with Gasteiger partial charge in [0.05, 0.1) is 5.69 Å². The van der Waals surface area contributed by atoms with Crippen LogP contribution in [0.3, 0.4) is 0 Å². The molecular formula is C23H29N7. The monoisotopic (exact) mass is 403 g/mol. The fraction of sp³-hybridized carbons (Fsp3) is 0.391. The Labute approximate surface area is 178 Å². The highest BCUT2D eigenvalue weighted by Crippen LogP contribution is 2.26. The normalized spacial score (nSPS) is 16.9. The maximum Gasteiger partial charge on any atom is 0.228 e. The standard InChI is InChI=1S/C23H29N7/c1-24-21-15-22(27-17-26-21)29-23-25-12-11-20(28-23)19-10-6-14-30(16-19)13-5-9-18-7-3-2-4-8-18/h2-4,7-8,11-12,15,17,19H,5-6,9-10,13-14,16H2,1H3,(H2,24,25,26,27,28,29). The smallest absolute Gasteiger partial charge is 0.228 e. The Morgan fingerprint density at radius 1 is 1.07 bits per heavy atom. The van der Waals surface area contributed by atoms with Crippen molar-refractivity contribution in [2.75, 3.05) is 37.3 Å². The lowest BCUT2D eigenvalue weighted by Gasteiger charge is -2.32. The predicted molar refractivity (Wildman–Crippen MR) is 120 cm³/mol. The molecule has 0 spiro atoms. The van der Waals surface area contributed by atoms with Crippen molar-refractivity contribution in [3.8, 4) is 0 Å². The van der Waals surface area contributed by atoms with E-state index in [1.165, 1.54) is 37.7 Å². The van der Waals surface area contributed by atoms with Gasteiger partial charge in [-0.3, -0.25) is 0 Å². The van der Waals surface area contributed by atoms with Crippen molar-refractivity contribution in [2.24, 2.45) is 0 Å². The average Bonchev–Trinajstić information content (AvgIpc) is 2.80. The first-order valence-corrected chi connectivity index (χ1v) is 10.7. The number of aryl methyl sites for hydroxylation is 1. The van der Waals surface area contributed by atoms with Crippen LogP contribution in [-0.4, -0.2) is 51.5 Å². The number of anilines is 3. The summed E-state index contributed by atoms with van der Waals surface area (Å²) in [6.07, 6.45) is 8.06. The lowest BCUT2D eigenvalue weighted by molar-refractivity contribution is 0.204. The van der Waals surface area contributed by atoms with Crippen molar-refractivity contribution in [3.63, 3.8) is 0 Å². The molecule has 1 unspecified atom stereocenters. The average molecular weight is 404 g/mol. The number of piperidine rings is 1. The van der Waals surface area contributed by atoms with Gasteiger partial charge in [0.15, 0.2) is 0 Å². The van der Waals surface area contributed by atoms with Crippen LogP contribution < -0.4 is 10.6 Å². The van der Waals surface area contributed by atoms with E-state index in [4.69, 9.17) is 4.98 Å². The van der Waals surface area contributed by atoms with E-state index in [0.29, 0.717) is 17.7 Å².